The molecule has 1 aliphatic heterocycles. The van der Waals surface area contributed by atoms with Crippen LogP contribution >= 0.6 is 0 Å². The van der Waals surface area contributed by atoms with E-state index in [4.69, 9.17) is 4.74 Å². The third kappa shape index (κ3) is 3.69. The van der Waals surface area contributed by atoms with Gasteiger partial charge < -0.3 is 15.4 Å². The van der Waals surface area contributed by atoms with E-state index < -0.39 is 0 Å². The molecular formula is C18H18N2O3. The fourth-order valence-electron chi connectivity index (χ4n) is 2.58. The lowest BCUT2D eigenvalue weighted by atomic mass is 10.1. The first kappa shape index (κ1) is 15.1. The number of aryl methyl sites for hydroxylation is 1. The largest absolute Gasteiger partial charge is 0.497 e. The van der Waals surface area contributed by atoms with E-state index in [0.717, 1.165) is 28.3 Å². The average molecular weight is 310 g/mol. The molecule has 0 atom stereocenters. The van der Waals surface area contributed by atoms with Gasteiger partial charge in [0.15, 0.2) is 0 Å². The second-order valence-corrected chi connectivity index (χ2v) is 5.49. The number of nitrogens with one attached hydrogen (secondary N) is 2. The highest BCUT2D eigenvalue weighted by molar-refractivity contribution is 6.00. The molecule has 5 heteroatoms. The van der Waals surface area contributed by atoms with Gasteiger partial charge in [0.25, 0.3) is 0 Å². The Hall–Kier alpha value is -2.82. The molecule has 2 amide bonds. The van der Waals surface area contributed by atoms with Gasteiger partial charge in [0, 0.05) is 17.8 Å². The van der Waals surface area contributed by atoms with Crippen LogP contribution in [-0.2, 0) is 22.4 Å². The maximum absolute atomic E-state index is 12.1. The van der Waals surface area contributed by atoms with Crippen molar-refractivity contribution in [3.05, 3.63) is 53.6 Å². The van der Waals surface area contributed by atoms with E-state index >= 15 is 0 Å². The Balaban J connectivity index is 1.55. The summed E-state index contributed by atoms with van der Waals surface area (Å²) in [4.78, 5) is 23.4. The minimum Gasteiger partial charge on any atom is -0.497 e. The van der Waals surface area contributed by atoms with Crippen LogP contribution in [0.5, 0.6) is 5.75 Å². The van der Waals surface area contributed by atoms with Gasteiger partial charge in [0.05, 0.1) is 13.5 Å². The monoisotopic (exact) mass is 310 g/mol. The number of anilines is 2. The molecule has 0 aliphatic carbocycles. The lowest BCUT2D eigenvalue weighted by molar-refractivity contribution is -0.116. The van der Waals surface area contributed by atoms with Gasteiger partial charge in [0.1, 0.15) is 5.75 Å². The van der Waals surface area contributed by atoms with Gasteiger partial charge in [-0.05, 0) is 47.9 Å². The van der Waals surface area contributed by atoms with E-state index in [-0.39, 0.29) is 11.8 Å². The lowest BCUT2D eigenvalue weighted by Crippen LogP contribution is -2.12. The predicted molar refractivity (Wildman–Crippen MR) is 88.7 cm³/mol. The zero-order valence-electron chi connectivity index (χ0n) is 12.9. The van der Waals surface area contributed by atoms with E-state index in [9.17, 15) is 9.59 Å². The second kappa shape index (κ2) is 6.52. The zero-order valence-corrected chi connectivity index (χ0v) is 12.9. The van der Waals surface area contributed by atoms with E-state index in [1.807, 2.05) is 36.4 Å². The Morgan fingerprint density at radius 1 is 1.22 bits per heavy atom. The van der Waals surface area contributed by atoms with Crippen LogP contribution in [0.4, 0.5) is 11.4 Å². The molecule has 1 heterocycles. The van der Waals surface area contributed by atoms with Gasteiger partial charge in [-0.15, -0.1) is 0 Å². The highest BCUT2D eigenvalue weighted by Crippen LogP contribution is 2.26. The van der Waals surface area contributed by atoms with Crippen LogP contribution in [0.3, 0.4) is 0 Å². The fourth-order valence-corrected chi connectivity index (χ4v) is 2.58. The molecule has 0 saturated heterocycles. The summed E-state index contributed by atoms with van der Waals surface area (Å²) in [6.07, 6.45) is 1.44. The molecule has 118 valence electrons. The van der Waals surface area contributed by atoms with Gasteiger partial charge in [-0.25, -0.2) is 0 Å². The second-order valence-electron chi connectivity index (χ2n) is 5.49. The first-order chi connectivity index (χ1) is 11.1. The molecule has 0 aromatic heterocycles. The number of hydrogen-bond donors (Lipinski definition) is 2. The zero-order chi connectivity index (χ0) is 16.2. The predicted octanol–water partition coefficient (Wildman–Crippen LogP) is 2.76. The van der Waals surface area contributed by atoms with Crippen LogP contribution in [-0.4, -0.2) is 18.9 Å². The molecule has 2 N–H and O–H groups in total. The average Bonchev–Trinajstić information content (AvgIpc) is 2.92. The summed E-state index contributed by atoms with van der Waals surface area (Å²) < 4.78 is 5.11. The minimum atomic E-state index is -0.0435. The number of benzene rings is 2. The Bertz CT molecular complexity index is 738. The van der Waals surface area contributed by atoms with Gasteiger partial charge in [-0.2, -0.15) is 0 Å². The Kier molecular flexibility index (Phi) is 4.28. The molecule has 0 bridgehead atoms. The normalized spacial score (nSPS) is 12.5. The minimum absolute atomic E-state index is 0.0111. The Morgan fingerprint density at radius 3 is 2.74 bits per heavy atom. The number of rotatable bonds is 5. The van der Waals surface area contributed by atoms with Crippen LogP contribution in [0.2, 0.25) is 0 Å². The maximum atomic E-state index is 12.1. The van der Waals surface area contributed by atoms with Gasteiger partial charge >= 0.3 is 0 Å². The number of ether oxygens (including phenoxy) is 1. The summed E-state index contributed by atoms with van der Waals surface area (Å²) >= 11 is 0. The summed E-state index contributed by atoms with van der Waals surface area (Å²) in [5.41, 5.74) is 3.55. The molecule has 2 aromatic rings. The topological polar surface area (TPSA) is 67.4 Å². The van der Waals surface area contributed by atoms with Crippen LogP contribution in [0.15, 0.2) is 42.5 Å². The highest BCUT2D eigenvalue weighted by atomic mass is 16.5. The molecule has 3 rings (SSSR count). The fraction of sp³-hybridized carbons (Fsp3) is 0.222. The van der Waals surface area contributed by atoms with Crippen molar-refractivity contribution in [2.75, 3.05) is 17.7 Å². The number of hydrogen-bond acceptors (Lipinski definition) is 3. The van der Waals surface area contributed by atoms with E-state index in [1.165, 1.54) is 0 Å². The standard InChI is InChI=1S/C18H18N2O3/c1-23-15-6-2-12(3-7-15)4-9-17(21)19-14-5-8-16-13(10-14)11-18(22)20-16/h2-3,5-8,10H,4,9,11H2,1H3,(H,19,21)(H,20,22). The summed E-state index contributed by atoms with van der Waals surface area (Å²) in [5, 5.41) is 5.65. The smallest absolute Gasteiger partial charge is 0.228 e. The van der Waals surface area contributed by atoms with Crippen molar-refractivity contribution in [2.45, 2.75) is 19.3 Å². The van der Waals surface area contributed by atoms with Gasteiger partial charge in [-0.3, -0.25) is 9.59 Å². The number of carbonyl (C=O) groups excluding carboxylic acids is 2. The number of carbonyl (C=O) groups is 2. The molecule has 0 unspecified atom stereocenters. The molecule has 5 nitrogen and oxygen atoms in total. The number of fused-ring (bicyclic) bond motifs is 1. The SMILES string of the molecule is COc1ccc(CCC(=O)Nc2ccc3c(c2)CC(=O)N3)cc1. The Morgan fingerprint density at radius 2 is 2.00 bits per heavy atom. The summed E-state index contributed by atoms with van der Waals surface area (Å²) in [5.74, 6) is 0.750. The van der Waals surface area contributed by atoms with E-state index in [2.05, 4.69) is 10.6 Å². The highest BCUT2D eigenvalue weighted by Gasteiger charge is 2.17. The molecule has 2 aromatic carbocycles. The molecule has 0 saturated carbocycles. The van der Waals surface area contributed by atoms with Crippen LogP contribution < -0.4 is 15.4 Å². The summed E-state index contributed by atoms with van der Waals surface area (Å²) in [6, 6.07) is 13.2. The third-order valence-corrected chi connectivity index (χ3v) is 3.81. The van der Waals surface area contributed by atoms with Crippen molar-refractivity contribution in [3.63, 3.8) is 0 Å². The maximum Gasteiger partial charge on any atom is 0.228 e. The first-order valence-electron chi connectivity index (χ1n) is 7.49. The molecule has 0 spiro atoms. The van der Waals surface area contributed by atoms with E-state index in [1.54, 1.807) is 13.2 Å². The van der Waals surface area contributed by atoms with Crippen molar-refractivity contribution in [1.82, 2.24) is 0 Å². The quantitative estimate of drug-likeness (QED) is 0.892. The van der Waals surface area contributed by atoms with Crippen molar-refractivity contribution in [3.8, 4) is 5.75 Å². The van der Waals surface area contributed by atoms with E-state index in [0.29, 0.717) is 19.3 Å². The summed E-state index contributed by atoms with van der Waals surface area (Å²) in [7, 11) is 1.63. The third-order valence-electron chi connectivity index (χ3n) is 3.81. The van der Waals surface area contributed by atoms with Gasteiger partial charge in [0.2, 0.25) is 11.8 Å². The molecule has 0 fully saturated rings. The van der Waals surface area contributed by atoms with Crippen LogP contribution in [0.25, 0.3) is 0 Å². The molecule has 1 aliphatic rings. The van der Waals surface area contributed by atoms with Crippen molar-refractivity contribution in [1.29, 1.82) is 0 Å². The Labute approximate surface area is 134 Å². The first-order valence-corrected chi connectivity index (χ1v) is 7.49. The number of methoxy groups -OCH3 is 1. The molecular weight excluding hydrogens is 292 g/mol. The van der Waals surface area contributed by atoms with Gasteiger partial charge in [-0.1, -0.05) is 12.1 Å². The van der Waals surface area contributed by atoms with Crippen molar-refractivity contribution >= 4 is 23.2 Å². The molecule has 23 heavy (non-hydrogen) atoms. The van der Waals surface area contributed by atoms with Crippen LogP contribution in [0, 0.1) is 0 Å². The molecule has 0 radical (unpaired) electrons. The van der Waals surface area contributed by atoms with Crippen LogP contribution in [0.1, 0.15) is 17.5 Å². The number of amides is 2. The van der Waals surface area contributed by atoms with Crippen molar-refractivity contribution in [2.24, 2.45) is 0 Å². The lowest BCUT2D eigenvalue weighted by Gasteiger charge is -2.07. The summed E-state index contributed by atoms with van der Waals surface area (Å²) in [6.45, 7) is 0. The van der Waals surface area contributed by atoms with Crippen molar-refractivity contribution < 1.29 is 14.3 Å².